The van der Waals surface area contributed by atoms with Crippen molar-refractivity contribution in [2.24, 2.45) is 7.05 Å². The molecule has 3 heteroatoms. The summed E-state index contributed by atoms with van der Waals surface area (Å²) in [6, 6.07) is 17.1. The van der Waals surface area contributed by atoms with Crippen LogP contribution in [0.5, 0.6) is 0 Å². The lowest BCUT2D eigenvalue weighted by Gasteiger charge is -2.09. The van der Waals surface area contributed by atoms with Crippen LogP contribution in [0.25, 0.3) is 44.1 Å². The van der Waals surface area contributed by atoms with Crippen LogP contribution >= 0.6 is 0 Å². The van der Waals surface area contributed by atoms with Crippen LogP contribution in [-0.4, -0.2) is 4.98 Å². The lowest BCUT2D eigenvalue weighted by molar-refractivity contribution is -0.659. The Bertz CT molecular complexity index is 1360. The fourth-order valence-electron chi connectivity index (χ4n) is 3.96. The van der Waals surface area contributed by atoms with Crippen LogP contribution in [0.1, 0.15) is 16.8 Å². The van der Waals surface area contributed by atoms with Gasteiger partial charge in [0.2, 0.25) is 11.4 Å². The van der Waals surface area contributed by atoms with Gasteiger partial charge in [0.15, 0.2) is 11.8 Å². The zero-order valence-electron chi connectivity index (χ0n) is 16.0. The largest absolute Gasteiger partial charge is 0.437 e. The molecule has 0 saturated heterocycles. The molecule has 5 rings (SSSR count). The van der Waals surface area contributed by atoms with Gasteiger partial charge < -0.3 is 4.42 Å². The summed E-state index contributed by atoms with van der Waals surface area (Å²) in [7, 11) is 2.10. The lowest BCUT2D eigenvalue weighted by Crippen LogP contribution is -2.30. The molecule has 0 saturated carbocycles. The average Bonchev–Trinajstić information content (AvgIpc) is 2.99. The molecule has 0 N–H and O–H groups in total. The van der Waals surface area contributed by atoms with Crippen molar-refractivity contribution in [2.45, 2.75) is 20.8 Å². The summed E-state index contributed by atoms with van der Waals surface area (Å²) in [6.45, 7) is 6.33. The first-order valence-electron chi connectivity index (χ1n) is 9.22. The summed E-state index contributed by atoms with van der Waals surface area (Å²) in [5, 5.41) is 4.66. The summed E-state index contributed by atoms with van der Waals surface area (Å²) in [6.07, 6.45) is 2.18. The molecule has 3 heterocycles. The van der Waals surface area contributed by atoms with Gasteiger partial charge in [-0.3, -0.25) is 0 Å². The number of furan rings is 1. The van der Waals surface area contributed by atoms with Gasteiger partial charge >= 0.3 is 0 Å². The van der Waals surface area contributed by atoms with Crippen molar-refractivity contribution >= 4 is 32.8 Å². The summed E-state index contributed by atoms with van der Waals surface area (Å²) in [5.41, 5.74) is 7.38. The van der Waals surface area contributed by atoms with E-state index in [1.54, 1.807) is 0 Å². The van der Waals surface area contributed by atoms with Gasteiger partial charge in [-0.2, -0.15) is 0 Å². The van der Waals surface area contributed by atoms with Crippen LogP contribution < -0.4 is 4.57 Å². The smallest absolute Gasteiger partial charge is 0.227 e. The van der Waals surface area contributed by atoms with E-state index in [-0.39, 0.29) is 0 Å². The summed E-state index contributed by atoms with van der Waals surface area (Å²) < 4.78 is 8.49. The fraction of sp³-hybridized carbons (Fsp3) is 0.167. The minimum Gasteiger partial charge on any atom is -0.437 e. The van der Waals surface area contributed by atoms with Crippen molar-refractivity contribution in [3.63, 3.8) is 0 Å². The standard InChI is InChI=1S/C24H21N2O/c1-14-11-20-19-10-9-15(2)25-24(19)27-23(20)22(16(14)3)21-12-17-7-5-6-8-18(17)13-26(21)4/h5-13H,1-4H3/q+1. The predicted molar refractivity (Wildman–Crippen MR) is 110 cm³/mol. The Morgan fingerprint density at radius 1 is 0.889 bits per heavy atom. The van der Waals surface area contributed by atoms with E-state index < -0.39 is 0 Å². The Kier molecular flexibility index (Phi) is 3.35. The first-order chi connectivity index (χ1) is 13.0. The van der Waals surface area contributed by atoms with Crippen molar-refractivity contribution in [1.82, 2.24) is 4.98 Å². The lowest BCUT2D eigenvalue weighted by atomic mass is 9.95. The van der Waals surface area contributed by atoms with Gasteiger partial charge in [-0.05, 0) is 61.5 Å². The van der Waals surface area contributed by atoms with E-state index in [1.165, 1.54) is 21.9 Å². The molecule has 0 radical (unpaired) electrons. The Morgan fingerprint density at radius 2 is 1.67 bits per heavy atom. The monoisotopic (exact) mass is 353 g/mol. The SMILES string of the molecule is Cc1ccc2c(n1)oc1c(-c3cc4ccccc4c[n+]3C)c(C)c(C)cc12. The highest BCUT2D eigenvalue weighted by Gasteiger charge is 2.23. The van der Waals surface area contributed by atoms with E-state index in [2.05, 4.69) is 79.1 Å². The van der Waals surface area contributed by atoms with Gasteiger partial charge in [-0.15, -0.1) is 0 Å². The number of hydrogen-bond acceptors (Lipinski definition) is 2. The zero-order chi connectivity index (χ0) is 18.7. The number of nitrogens with zero attached hydrogens (tertiary/aromatic N) is 2. The molecule has 0 aliphatic rings. The highest BCUT2D eigenvalue weighted by Crippen LogP contribution is 2.38. The Balaban J connectivity index is 1.94. The highest BCUT2D eigenvalue weighted by molar-refractivity contribution is 6.09. The van der Waals surface area contributed by atoms with Gasteiger partial charge in [0.1, 0.15) is 7.05 Å². The van der Waals surface area contributed by atoms with Gasteiger partial charge in [-0.25, -0.2) is 9.55 Å². The minimum absolute atomic E-state index is 0.708. The molecule has 132 valence electrons. The van der Waals surface area contributed by atoms with Crippen LogP contribution in [0.2, 0.25) is 0 Å². The molecule has 0 unspecified atom stereocenters. The molecule has 0 fully saturated rings. The maximum atomic E-state index is 6.30. The van der Waals surface area contributed by atoms with Crippen LogP contribution in [-0.2, 0) is 7.05 Å². The Labute approximate surface area is 157 Å². The second-order valence-electron chi connectivity index (χ2n) is 7.38. The Hall–Kier alpha value is -3.20. The molecule has 0 spiro atoms. The highest BCUT2D eigenvalue weighted by atomic mass is 16.3. The molecular weight excluding hydrogens is 332 g/mol. The number of rotatable bonds is 1. The second-order valence-corrected chi connectivity index (χ2v) is 7.38. The van der Waals surface area contributed by atoms with E-state index in [9.17, 15) is 0 Å². The zero-order valence-corrected chi connectivity index (χ0v) is 16.0. The Morgan fingerprint density at radius 3 is 2.48 bits per heavy atom. The maximum absolute atomic E-state index is 6.30. The van der Waals surface area contributed by atoms with Crippen molar-refractivity contribution < 1.29 is 8.98 Å². The van der Waals surface area contributed by atoms with Crippen molar-refractivity contribution in [3.05, 3.63) is 71.5 Å². The number of aryl methyl sites for hydroxylation is 3. The van der Waals surface area contributed by atoms with Gasteiger partial charge in [0, 0.05) is 27.9 Å². The molecule has 0 aliphatic carbocycles. The van der Waals surface area contributed by atoms with Crippen LogP contribution in [0.4, 0.5) is 0 Å². The normalized spacial score (nSPS) is 11.7. The topological polar surface area (TPSA) is 29.9 Å². The molecule has 0 bridgehead atoms. The summed E-state index contributed by atoms with van der Waals surface area (Å²) in [4.78, 5) is 4.61. The van der Waals surface area contributed by atoms with Gasteiger partial charge in [-0.1, -0.05) is 18.2 Å². The fourth-order valence-corrected chi connectivity index (χ4v) is 3.96. The van der Waals surface area contributed by atoms with E-state index in [4.69, 9.17) is 4.42 Å². The molecule has 5 aromatic rings. The predicted octanol–water partition coefficient (Wildman–Crippen LogP) is 5.55. The molecule has 2 aromatic carbocycles. The molecule has 0 aliphatic heterocycles. The van der Waals surface area contributed by atoms with Gasteiger partial charge in [0.05, 0.1) is 5.56 Å². The summed E-state index contributed by atoms with van der Waals surface area (Å²) in [5.74, 6) is 0. The number of benzene rings is 2. The van der Waals surface area contributed by atoms with E-state index in [1.807, 2.05) is 13.0 Å². The molecule has 0 amide bonds. The van der Waals surface area contributed by atoms with E-state index in [0.29, 0.717) is 5.71 Å². The molecule has 27 heavy (non-hydrogen) atoms. The van der Waals surface area contributed by atoms with Crippen molar-refractivity contribution in [3.8, 4) is 11.3 Å². The van der Waals surface area contributed by atoms with Gasteiger partial charge in [0.25, 0.3) is 0 Å². The summed E-state index contributed by atoms with van der Waals surface area (Å²) >= 11 is 0. The van der Waals surface area contributed by atoms with E-state index in [0.717, 1.165) is 33.3 Å². The second kappa shape index (κ2) is 5.65. The van der Waals surface area contributed by atoms with Crippen LogP contribution in [0, 0.1) is 20.8 Å². The van der Waals surface area contributed by atoms with Crippen molar-refractivity contribution in [2.75, 3.05) is 0 Å². The number of pyridine rings is 2. The molecule has 3 aromatic heterocycles. The van der Waals surface area contributed by atoms with E-state index >= 15 is 0 Å². The average molecular weight is 353 g/mol. The van der Waals surface area contributed by atoms with Crippen molar-refractivity contribution in [1.29, 1.82) is 0 Å². The molecular formula is C24H21N2O+. The maximum Gasteiger partial charge on any atom is 0.227 e. The molecule has 3 nitrogen and oxygen atoms in total. The third-order valence-electron chi connectivity index (χ3n) is 5.54. The van der Waals surface area contributed by atoms with Crippen LogP contribution in [0.15, 0.2) is 59.1 Å². The van der Waals surface area contributed by atoms with Crippen LogP contribution in [0.3, 0.4) is 0 Å². The third kappa shape index (κ3) is 2.35. The molecule has 0 atom stereocenters. The first-order valence-corrected chi connectivity index (χ1v) is 9.22. The third-order valence-corrected chi connectivity index (χ3v) is 5.54. The number of hydrogen-bond donors (Lipinski definition) is 0. The number of fused-ring (bicyclic) bond motifs is 4. The number of aromatic nitrogens is 2. The minimum atomic E-state index is 0.708. The quantitative estimate of drug-likeness (QED) is 0.370. The first kappa shape index (κ1) is 16.0.